The first-order valence-corrected chi connectivity index (χ1v) is 6.37. The monoisotopic (exact) mass is 259 g/mol. The van der Waals surface area contributed by atoms with Gasteiger partial charge in [-0.3, -0.25) is 0 Å². The molecular weight excluding hydrogens is 241 g/mol. The Bertz CT molecular complexity index is 348. The third-order valence-electron chi connectivity index (χ3n) is 2.49. The summed E-state index contributed by atoms with van der Waals surface area (Å²) < 4.78 is 0. The third-order valence-corrected chi connectivity index (χ3v) is 3.56. The highest BCUT2D eigenvalue weighted by Crippen LogP contribution is 2.19. The van der Waals surface area contributed by atoms with Crippen molar-refractivity contribution in [2.24, 2.45) is 5.41 Å². The molecule has 1 nitrogen and oxygen atoms in total. The van der Waals surface area contributed by atoms with E-state index in [0.717, 1.165) is 23.7 Å². The minimum Gasteiger partial charge on any atom is -0.312 e. The Morgan fingerprint density at radius 3 is 2.56 bits per heavy atom. The molecule has 0 spiro atoms. The number of halogens is 2. The van der Waals surface area contributed by atoms with Crippen LogP contribution < -0.4 is 5.32 Å². The molecule has 1 aromatic carbocycles. The molecule has 0 radical (unpaired) electrons. The number of nitrogens with one attached hydrogen (secondary N) is 1. The smallest absolute Gasteiger partial charge is 0.0453 e. The average Bonchev–Trinajstić information content (AvgIpc) is 2.21. The number of hydrogen-bond donors (Lipinski definition) is 1. The lowest BCUT2D eigenvalue weighted by Crippen LogP contribution is -2.30. The summed E-state index contributed by atoms with van der Waals surface area (Å²) in [5.74, 6) is 0.654. The van der Waals surface area contributed by atoms with E-state index in [1.807, 2.05) is 13.0 Å². The van der Waals surface area contributed by atoms with E-state index in [-0.39, 0.29) is 5.41 Å². The lowest BCUT2D eigenvalue weighted by Gasteiger charge is -2.21. The number of hydrogen-bond acceptors (Lipinski definition) is 1. The summed E-state index contributed by atoms with van der Waals surface area (Å²) in [6.07, 6.45) is 0. The maximum absolute atomic E-state index is 6.15. The zero-order valence-electron chi connectivity index (χ0n) is 10.1. The third kappa shape index (κ3) is 4.32. The van der Waals surface area contributed by atoms with Crippen molar-refractivity contribution >= 4 is 23.2 Å². The molecule has 0 atom stereocenters. The molecular formula is C13H19Cl2N. The minimum atomic E-state index is 0.124. The summed E-state index contributed by atoms with van der Waals surface area (Å²) in [6.45, 7) is 8.01. The molecule has 1 N–H and O–H groups in total. The second-order valence-corrected chi connectivity index (χ2v) is 5.67. The SMILES string of the molecule is Cc1ccc(CNCC(C)(C)CCl)c(Cl)c1. The van der Waals surface area contributed by atoms with Crippen LogP contribution in [0, 0.1) is 12.3 Å². The molecule has 3 heteroatoms. The van der Waals surface area contributed by atoms with Gasteiger partial charge in [-0.2, -0.15) is 0 Å². The van der Waals surface area contributed by atoms with Crippen LogP contribution in [0.15, 0.2) is 18.2 Å². The normalized spacial score (nSPS) is 11.8. The van der Waals surface area contributed by atoms with E-state index in [9.17, 15) is 0 Å². The van der Waals surface area contributed by atoms with Crippen LogP contribution in [0.25, 0.3) is 0 Å². The summed E-state index contributed by atoms with van der Waals surface area (Å²) >= 11 is 12.0. The molecule has 0 aliphatic heterocycles. The quantitative estimate of drug-likeness (QED) is 0.789. The molecule has 90 valence electrons. The van der Waals surface area contributed by atoms with Crippen molar-refractivity contribution in [1.29, 1.82) is 0 Å². The van der Waals surface area contributed by atoms with Crippen LogP contribution in [0.2, 0.25) is 5.02 Å². The Morgan fingerprint density at radius 2 is 2.00 bits per heavy atom. The van der Waals surface area contributed by atoms with Crippen molar-refractivity contribution in [2.75, 3.05) is 12.4 Å². The van der Waals surface area contributed by atoms with Gasteiger partial charge in [-0.15, -0.1) is 11.6 Å². The van der Waals surface area contributed by atoms with Gasteiger partial charge in [-0.25, -0.2) is 0 Å². The Kier molecular flexibility index (Phi) is 5.10. The van der Waals surface area contributed by atoms with Crippen molar-refractivity contribution in [3.8, 4) is 0 Å². The molecule has 0 bridgehead atoms. The first-order chi connectivity index (χ1) is 7.44. The number of benzene rings is 1. The van der Waals surface area contributed by atoms with Gasteiger partial charge >= 0.3 is 0 Å². The predicted molar refractivity (Wildman–Crippen MR) is 72.4 cm³/mol. The molecule has 0 aromatic heterocycles. The zero-order chi connectivity index (χ0) is 12.2. The van der Waals surface area contributed by atoms with Gasteiger partial charge in [0.1, 0.15) is 0 Å². The highest BCUT2D eigenvalue weighted by molar-refractivity contribution is 6.31. The molecule has 0 aliphatic carbocycles. The Labute approximate surface area is 108 Å². The van der Waals surface area contributed by atoms with Gasteiger partial charge < -0.3 is 5.32 Å². The minimum absolute atomic E-state index is 0.124. The largest absolute Gasteiger partial charge is 0.312 e. The fourth-order valence-electron chi connectivity index (χ4n) is 1.38. The van der Waals surface area contributed by atoms with Crippen molar-refractivity contribution in [1.82, 2.24) is 5.32 Å². The van der Waals surface area contributed by atoms with Gasteiger partial charge in [-0.05, 0) is 29.5 Å². The van der Waals surface area contributed by atoms with Gasteiger partial charge in [-0.1, -0.05) is 37.6 Å². The number of rotatable bonds is 5. The first kappa shape index (κ1) is 13.8. The van der Waals surface area contributed by atoms with Crippen LogP contribution in [0.1, 0.15) is 25.0 Å². The highest BCUT2D eigenvalue weighted by atomic mass is 35.5. The highest BCUT2D eigenvalue weighted by Gasteiger charge is 2.15. The summed E-state index contributed by atoms with van der Waals surface area (Å²) in [7, 11) is 0. The average molecular weight is 260 g/mol. The fourth-order valence-corrected chi connectivity index (χ4v) is 1.77. The molecule has 0 amide bonds. The van der Waals surface area contributed by atoms with Crippen LogP contribution in [0.4, 0.5) is 0 Å². The van der Waals surface area contributed by atoms with Crippen LogP contribution >= 0.6 is 23.2 Å². The van der Waals surface area contributed by atoms with Crippen LogP contribution in [-0.4, -0.2) is 12.4 Å². The summed E-state index contributed by atoms with van der Waals surface area (Å²) in [6, 6.07) is 6.14. The molecule has 0 saturated carbocycles. The van der Waals surface area contributed by atoms with E-state index >= 15 is 0 Å². The van der Waals surface area contributed by atoms with E-state index in [2.05, 4.69) is 31.3 Å². The van der Waals surface area contributed by atoms with Crippen LogP contribution in [0.5, 0.6) is 0 Å². The predicted octanol–water partition coefficient (Wildman–Crippen LogP) is 4.00. The summed E-state index contributed by atoms with van der Waals surface area (Å²) in [5, 5.41) is 4.21. The first-order valence-electron chi connectivity index (χ1n) is 5.46. The van der Waals surface area contributed by atoms with Crippen LogP contribution in [0.3, 0.4) is 0 Å². The molecule has 0 saturated heterocycles. The van der Waals surface area contributed by atoms with Crippen LogP contribution in [-0.2, 0) is 6.54 Å². The van der Waals surface area contributed by atoms with E-state index in [1.165, 1.54) is 5.56 Å². The lowest BCUT2D eigenvalue weighted by atomic mass is 9.96. The van der Waals surface area contributed by atoms with Crippen molar-refractivity contribution < 1.29 is 0 Å². The molecule has 0 fully saturated rings. The molecule has 0 unspecified atom stereocenters. The van der Waals surface area contributed by atoms with E-state index in [1.54, 1.807) is 0 Å². The number of aryl methyl sites for hydroxylation is 1. The van der Waals surface area contributed by atoms with Crippen molar-refractivity contribution in [2.45, 2.75) is 27.3 Å². The van der Waals surface area contributed by atoms with Crippen molar-refractivity contribution in [3.63, 3.8) is 0 Å². The lowest BCUT2D eigenvalue weighted by molar-refractivity contribution is 0.385. The van der Waals surface area contributed by atoms with Gasteiger partial charge in [0, 0.05) is 24.0 Å². The molecule has 16 heavy (non-hydrogen) atoms. The van der Waals surface area contributed by atoms with Gasteiger partial charge in [0.05, 0.1) is 0 Å². The summed E-state index contributed by atoms with van der Waals surface area (Å²) in [4.78, 5) is 0. The van der Waals surface area contributed by atoms with Gasteiger partial charge in [0.15, 0.2) is 0 Å². The fraction of sp³-hybridized carbons (Fsp3) is 0.538. The Balaban J connectivity index is 2.49. The van der Waals surface area contributed by atoms with Gasteiger partial charge in [0.25, 0.3) is 0 Å². The second-order valence-electron chi connectivity index (χ2n) is 5.00. The molecule has 1 aromatic rings. The van der Waals surface area contributed by atoms with Gasteiger partial charge in [0.2, 0.25) is 0 Å². The van der Waals surface area contributed by atoms with E-state index in [4.69, 9.17) is 23.2 Å². The van der Waals surface area contributed by atoms with Crippen molar-refractivity contribution in [3.05, 3.63) is 34.3 Å². The molecule has 1 rings (SSSR count). The Hall–Kier alpha value is -0.240. The van der Waals surface area contributed by atoms with E-state index in [0.29, 0.717) is 5.88 Å². The molecule has 0 heterocycles. The second kappa shape index (κ2) is 5.90. The maximum atomic E-state index is 6.15. The molecule has 0 aliphatic rings. The maximum Gasteiger partial charge on any atom is 0.0453 e. The topological polar surface area (TPSA) is 12.0 Å². The summed E-state index contributed by atoms with van der Waals surface area (Å²) in [5.41, 5.74) is 2.45. The standard InChI is InChI=1S/C13H19Cl2N/c1-10-4-5-11(12(15)6-10)7-16-9-13(2,3)8-14/h4-6,16H,7-9H2,1-3H3. The Morgan fingerprint density at radius 1 is 1.31 bits per heavy atom. The van der Waals surface area contributed by atoms with E-state index < -0.39 is 0 Å². The zero-order valence-corrected chi connectivity index (χ0v) is 11.6. The number of alkyl halides is 1.